The Morgan fingerprint density at radius 3 is 2.35 bits per heavy atom. The van der Waals surface area contributed by atoms with Gasteiger partial charge < -0.3 is 9.80 Å². The van der Waals surface area contributed by atoms with Gasteiger partial charge in [0.05, 0.1) is 30.3 Å². The molecule has 3 heterocycles. The van der Waals surface area contributed by atoms with Crippen molar-refractivity contribution in [2.24, 2.45) is 0 Å². The molecule has 0 aliphatic carbocycles. The van der Waals surface area contributed by atoms with Gasteiger partial charge in [-0.15, -0.1) is 0 Å². The molecule has 0 N–H and O–H groups in total. The zero-order valence-electron chi connectivity index (χ0n) is 19.8. The predicted molar refractivity (Wildman–Crippen MR) is 138 cm³/mol. The van der Waals surface area contributed by atoms with Crippen molar-refractivity contribution in [2.45, 2.75) is 17.9 Å². The van der Waals surface area contributed by atoms with Crippen LogP contribution in [0.4, 0.5) is 10.5 Å². The molecule has 2 saturated heterocycles. The zero-order chi connectivity index (χ0) is 26.3. The second-order valence-corrected chi connectivity index (χ2v) is 10.00. The highest BCUT2D eigenvalue weighted by Crippen LogP contribution is 2.46. The van der Waals surface area contributed by atoms with Crippen LogP contribution in [0.5, 0.6) is 0 Å². The summed E-state index contributed by atoms with van der Waals surface area (Å²) >= 11 is 12.4. The Morgan fingerprint density at radius 1 is 1.08 bits per heavy atom. The lowest BCUT2D eigenvalue weighted by molar-refractivity contribution is -0.130. The molecule has 186 valence electrons. The molecule has 10 heteroatoms. The number of urea groups is 1. The lowest BCUT2D eigenvalue weighted by Gasteiger charge is -2.33. The lowest BCUT2D eigenvalue weighted by atomic mass is 9.80. The number of pyridine rings is 1. The summed E-state index contributed by atoms with van der Waals surface area (Å²) in [7, 11) is 1.57. The second-order valence-electron chi connectivity index (χ2n) is 9.13. The first-order valence-corrected chi connectivity index (χ1v) is 12.3. The molecule has 8 nitrogen and oxygen atoms in total. The molecular weight excluding hydrogens is 513 g/mol. The maximum Gasteiger partial charge on any atom is 0.332 e. The van der Waals surface area contributed by atoms with Gasteiger partial charge in [-0.25, -0.2) is 9.69 Å². The van der Waals surface area contributed by atoms with E-state index in [9.17, 15) is 19.6 Å². The van der Waals surface area contributed by atoms with Crippen molar-refractivity contribution < 1.29 is 14.4 Å². The van der Waals surface area contributed by atoms with Gasteiger partial charge in [-0.05, 0) is 53.6 Å². The van der Waals surface area contributed by atoms with Gasteiger partial charge in [0.2, 0.25) is 5.91 Å². The topological polar surface area (TPSA) is 97.6 Å². The number of likely N-dealkylation sites (N-methyl/N-ethyl adjacent to an activating group) is 1. The molecule has 2 aliphatic rings. The van der Waals surface area contributed by atoms with Crippen molar-refractivity contribution in [1.29, 1.82) is 5.26 Å². The third-order valence-electron chi connectivity index (χ3n) is 7.07. The Morgan fingerprint density at radius 2 is 1.73 bits per heavy atom. The average Bonchev–Trinajstić information content (AvgIpc) is 3.37. The van der Waals surface area contributed by atoms with E-state index < -0.39 is 23.4 Å². The van der Waals surface area contributed by atoms with Crippen molar-refractivity contribution in [3.63, 3.8) is 0 Å². The third kappa shape index (κ3) is 4.20. The van der Waals surface area contributed by atoms with E-state index in [0.717, 1.165) is 16.0 Å². The molecule has 0 radical (unpaired) electrons. The maximum absolute atomic E-state index is 14.2. The highest BCUT2D eigenvalue weighted by Gasteiger charge is 2.64. The fourth-order valence-electron chi connectivity index (χ4n) is 5.18. The molecule has 2 unspecified atom stereocenters. The van der Waals surface area contributed by atoms with Crippen LogP contribution < -0.4 is 4.90 Å². The molecular formula is C27H21Cl2N5O3. The van der Waals surface area contributed by atoms with E-state index in [1.165, 1.54) is 23.1 Å². The van der Waals surface area contributed by atoms with Crippen LogP contribution in [0.3, 0.4) is 0 Å². The van der Waals surface area contributed by atoms with Gasteiger partial charge >= 0.3 is 6.03 Å². The van der Waals surface area contributed by atoms with Gasteiger partial charge in [-0.1, -0.05) is 35.3 Å². The van der Waals surface area contributed by atoms with Crippen LogP contribution in [-0.4, -0.2) is 58.3 Å². The molecule has 2 aromatic carbocycles. The number of halogens is 2. The summed E-state index contributed by atoms with van der Waals surface area (Å²) in [6.07, 6.45) is 3.38. The van der Waals surface area contributed by atoms with Gasteiger partial charge in [-0.2, -0.15) is 5.26 Å². The Hall–Kier alpha value is -3.93. The summed E-state index contributed by atoms with van der Waals surface area (Å²) in [5.41, 5.74) is 0.925. The van der Waals surface area contributed by atoms with Crippen LogP contribution >= 0.6 is 23.2 Å². The molecule has 0 saturated carbocycles. The Bertz CT molecular complexity index is 1420. The van der Waals surface area contributed by atoms with Crippen molar-refractivity contribution in [1.82, 2.24) is 14.8 Å². The van der Waals surface area contributed by atoms with Crippen molar-refractivity contribution in [2.75, 3.05) is 25.0 Å². The van der Waals surface area contributed by atoms with Gasteiger partial charge in [0, 0.05) is 41.9 Å². The summed E-state index contributed by atoms with van der Waals surface area (Å²) < 4.78 is 0. The quantitative estimate of drug-likeness (QED) is 0.466. The van der Waals surface area contributed by atoms with Crippen LogP contribution in [0.2, 0.25) is 10.0 Å². The molecule has 1 spiro atoms. The molecule has 2 atom stereocenters. The summed E-state index contributed by atoms with van der Waals surface area (Å²) in [4.78, 5) is 49.2. The van der Waals surface area contributed by atoms with E-state index >= 15 is 0 Å². The number of imide groups is 1. The van der Waals surface area contributed by atoms with Gasteiger partial charge in [-0.3, -0.25) is 14.6 Å². The molecule has 2 aliphatic heterocycles. The van der Waals surface area contributed by atoms with Crippen LogP contribution in [-0.2, 0) is 16.0 Å². The second kappa shape index (κ2) is 9.51. The SMILES string of the molecule is CN1C(=O)N(c2cc(Cl)cc(Cl)c2)C(=O)C12CN(C(=O)Cc1ccncc1)CC2c1ccc(C#N)cc1. The Balaban J connectivity index is 1.57. The smallest absolute Gasteiger partial charge is 0.332 e. The number of amides is 4. The summed E-state index contributed by atoms with van der Waals surface area (Å²) in [5, 5.41) is 9.81. The first kappa shape index (κ1) is 24.8. The number of hydrogen-bond donors (Lipinski definition) is 0. The van der Waals surface area contributed by atoms with E-state index in [-0.39, 0.29) is 41.2 Å². The van der Waals surface area contributed by atoms with Gasteiger partial charge in [0.25, 0.3) is 5.91 Å². The number of carbonyl (C=O) groups is 3. The van der Waals surface area contributed by atoms with Gasteiger partial charge in [0.1, 0.15) is 5.54 Å². The number of carbonyl (C=O) groups excluding carboxylic acids is 3. The third-order valence-corrected chi connectivity index (χ3v) is 7.50. The van der Waals surface area contributed by atoms with Crippen LogP contribution in [0.25, 0.3) is 0 Å². The fourth-order valence-corrected chi connectivity index (χ4v) is 5.70. The van der Waals surface area contributed by atoms with Crippen molar-refractivity contribution in [3.05, 3.63) is 93.7 Å². The van der Waals surface area contributed by atoms with Gasteiger partial charge in [0.15, 0.2) is 0 Å². The highest BCUT2D eigenvalue weighted by atomic mass is 35.5. The summed E-state index contributed by atoms with van der Waals surface area (Å²) in [6.45, 7) is 0.247. The molecule has 2 fully saturated rings. The van der Waals surface area contributed by atoms with Crippen LogP contribution in [0.1, 0.15) is 22.6 Å². The Labute approximate surface area is 223 Å². The number of anilines is 1. The molecule has 37 heavy (non-hydrogen) atoms. The number of nitriles is 1. The molecule has 0 bridgehead atoms. The highest BCUT2D eigenvalue weighted by molar-refractivity contribution is 6.35. The van der Waals surface area contributed by atoms with E-state index in [4.69, 9.17) is 23.2 Å². The first-order chi connectivity index (χ1) is 17.7. The minimum Gasteiger partial charge on any atom is -0.339 e. The zero-order valence-corrected chi connectivity index (χ0v) is 21.3. The number of benzene rings is 2. The number of nitrogens with zero attached hydrogens (tertiary/aromatic N) is 5. The molecule has 5 rings (SSSR count). The molecule has 1 aromatic heterocycles. The number of rotatable bonds is 4. The summed E-state index contributed by atoms with van der Waals surface area (Å²) in [5.74, 6) is -1.16. The monoisotopic (exact) mass is 533 g/mol. The summed E-state index contributed by atoms with van der Waals surface area (Å²) in [6, 6.07) is 16.5. The van der Waals surface area contributed by atoms with E-state index in [2.05, 4.69) is 11.1 Å². The first-order valence-electron chi connectivity index (χ1n) is 11.5. The standard InChI is InChI=1S/C27H21Cl2N5O3/c1-32-26(37)34(22-12-20(28)11-21(29)13-22)25(36)27(32)16-33(24(35)10-17-6-8-31-9-7-17)15-23(27)19-4-2-18(14-30)3-5-19/h2-9,11-13,23H,10,15-16H2,1H3. The van der Waals surface area contributed by atoms with Crippen molar-refractivity contribution in [3.8, 4) is 6.07 Å². The lowest BCUT2D eigenvalue weighted by Crippen LogP contribution is -2.54. The van der Waals surface area contributed by atoms with Crippen LogP contribution in [0.15, 0.2) is 67.0 Å². The molecule has 4 amide bonds. The van der Waals surface area contributed by atoms with E-state index in [0.29, 0.717) is 5.56 Å². The predicted octanol–water partition coefficient (Wildman–Crippen LogP) is 4.27. The average molecular weight is 534 g/mol. The normalized spacial score (nSPS) is 21.1. The van der Waals surface area contributed by atoms with E-state index in [1.807, 2.05) is 0 Å². The van der Waals surface area contributed by atoms with Crippen molar-refractivity contribution >= 4 is 46.7 Å². The maximum atomic E-state index is 14.2. The number of likely N-dealkylation sites (tertiary alicyclic amines) is 1. The van der Waals surface area contributed by atoms with E-state index in [1.54, 1.807) is 60.7 Å². The minimum atomic E-state index is -1.35. The molecule has 3 aromatic rings. The largest absolute Gasteiger partial charge is 0.339 e. The number of hydrogen-bond acceptors (Lipinski definition) is 5. The van der Waals surface area contributed by atoms with Crippen LogP contribution in [0, 0.1) is 11.3 Å². The fraction of sp³-hybridized carbons (Fsp3) is 0.222. The minimum absolute atomic E-state index is 0.0213. The Kier molecular flexibility index (Phi) is 6.36. The number of aromatic nitrogens is 1.